The Morgan fingerprint density at radius 1 is 1.27 bits per heavy atom. The van der Waals surface area contributed by atoms with Crippen molar-refractivity contribution in [2.45, 2.75) is 24.8 Å². The Labute approximate surface area is 128 Å². The van der Waals surface area contributed by atoms with E-state index in [1.54, 1.807) is 32.0 Å². The van der Waals surface area contributed by atoms with E-state index in [4.69, 9.17) is 9.63 Å². The van der Waals surface area contributed by atoms with Crippen LogP contribution in [0.3, 0.4) is 0 Å². The van der Waals surface area contributed by atoms with Crippen LogP contribution in [0.4, 0.5) is 0 Å². The van der Waals surface area contributed by atoms with Gasteiger partial charge in [0.25, 0.3) is 0 Å². The Kier molecular flexibility index (Phi) is 4.62. The highest BCUT2D eigenvalue weighted by atomic mass is 32.2. The number of rotatable bonds is 6. The van der Waals surface area contributed by atoms with E-state index in [2.05, 4.69) is 9.88 Å². The zero-order valence-corrected chi connectivity index (χ0v) is 12.9. The van der Waals surface area contributed by atoms with E-state index in [1.165, 1.54) is 18.3 Å². The molecule has 0 unspecified atom stereocenters. The Hall–Kier alpha value is -2.19. The molecule has 0 bridgehead atoms. The minimum absolute atomic E-state index is 0.0568. The fraction of sp³-hybridized carbons (Fsp3) is 0.286. The molecule has 118 valence electrons. The molecule has 1 aromatic heterocycles. The maximum Gasteiger partial charge on any atom is 0.322 e. The van der Waals surface area contributed by atoms with Gasteiger partial charge in [0.2, 0.25) is 10.0 Å². The fourth-order valence-electron chi connectivity index (χ4n) is 1.96. The molecule has 2 rings (SSSR count). The molecule has 0 amide bonds. The number of carboxylic acids is 1. The molecule has 1 heterocycles. The van der Waals surface area contributed by atoms with Crippen LogP contribution in [-0.2, 0) is 14.8 Å². The summed E-state index contributed by atoms with van der Waals surface area (Å²) < 4.78 is 32.3. The maximum atomic E-state index is 12.5. The van der Waals surface area contributed by atoms with Gasteiger partial charge in [0.15, 0.2) is 5.76 Å². The predicted molar refractivity (Wildman–Crippen MR) is 78.5 cm³/mol. The minimum Gasteiger partial charge on any atom is -0.480 e. The van der Waals surface area contributed by atoms with E-state index in [-0.39, 0.29) is 10.7 Å². The number of nitrogens with zero attached hydrogens (tertiary/aromatic N) is 1. The summed E-state index contributed by atoms with van der Waals surface area (Å²) in [5, 5.41) is 12.7. The normalized spacial score (nSPS) is 13.2. The van der Waals surface area contributed by atoms with Crippen molar-refractivity contribution in [1.82, 2.24) is 9.88 Å². The third-order valence-electron chi connectivity index (χ3n) is 3.09. The van der Waals surface area contributed by atoms with Crippen LogP contribution in [-0.4, -0.2) is 30.7 Å². The van der Waals surface area contributed by atoms with E-state index in [0.29, 0.717) is 5.56 Å². The second kappa shape index (κ2) is 6.29. The van der Waals surface area contributed by atoms with Crippen molar-refractivity contribution in [2.75, 3.05) is 0 Å². The van der Waals surface area contributed by atoms with Gasteiger partial charge in [-0.3, -0.25) is 4.79 Å². The highest BCUT2D eigenvalue weighted by molar-refractivity contribution is 7.89. The van der Waals surface area contributed by atoms with E-state index < -0.39 is 28.0 Å². The highest BCUT2D eigenvalue weighted by Gasteiger charge is 2.29. The van der Waals surface area contributed by atoms with Crippen LogP contribution in [0.5, 0.6) is 0 Å². The van der Waals surface area contributed by atoms with Crippen molar-refractivity contribution in [3.63, 3.8) is 0 Å². The largest absolute Gasteiger partial charge is 0.480 e. The smallest absolute Gasteiger partial charge is 0.322 e. The SMILES string of the molecule is CC(C)[C@H](NS(=O)(=O)c1ccccc1-c1ccno1)C(=O)O. The first-order chi connectivity index (χ1) is 10.3. The van der Waals surface area contributed by atoms with Gasteiger partial charge in [-0.25, -0.2) is 8.42 Å². The Morgan fingerprint density at radius 2 is 1.95 bits per heavy atom. The Balaban J connectivity index is 2.45. The quantitative estimate of drug-likeness (QED) is 0.837. The van der Waals surface area contributed by atoms with Crippen LogP contribution in [0.15, 0.2) is 45.9 Å². The standard InChI is InChI=1S/C14H16N2O5S/c1-9(2)13(14(17)18)16-22(19,20)12-6-4-3-5-10(12)11-7-8-15-21-11/h3-9,13,16H,1-2H3,(H,17,18)/t13-/m0/s1. The molecule has 0 spiro atoms. The molecule has 7 nitrogen and oxygen atoms in total. The minimum atomic E-state index is -4.02. The van der Waals surface area contributed by atoms with Crippen molar-refractivity contribution in [3.8, 4) is 11.3 Å². The average Bonchev–Trinajstić information content (AvgIpc) is 2.98. The highest BCUT2D eigenvalue weighted by Crippen LogP contribution is 2.27. The molecule has 8 heteroatoms. The number of carboxylic acid groups (broad SMARTS) is 1. The van der Waals surface area contributed by atoms with Crippen LogP contribution in [0.1, 0.15) is 13.8 Å². The number of nitrogens with one attached hydrogen (secondary N) is 1. The fourth-order valence-corrected chi connectivity index (χ4v) is 3.51. The monoisotopic (exact) mass is 324 g/mol. The molecule has 0 aliphatic heterocycles. The van der Waals surface area contributed by atoms with Crippen molar-refractivity contribution in [2.24, 2.45) is 5.92 Å². The van der Waals surface area contributed by atoms with E-state index in [1.807, 2.05) is 0 Å². The molecule has 0 saturated carbocycles. The molecule has 0 radical (unpaired) electrons. The van der Waals surface area contributed by atoms with Gasteiger partial charge < -0.3 is 9.63 Å². The lowest BCUT2D eigenvalue weighted by Gasteiger charge is -2.18. The second-order valence-corrected chi connectivity index (χ2v) is 6.74. The summed E-state index contributed by atoms with van der Waals surface area (Å²) in [6, 6.07) is 6.49. The molecular weight excluding hydrogens is 308 g/mol. The molecule has 2 N–H and O–H groups in total. The van der Waals surface area contributed by atoms with Gasteiger partial charge >= 0.3 is 5.97 Å². The van der Waals surface area contributed by atoms with Crippen LogP contribution in [0, 0.1) is 5.92 Å². The lowest BCUT2D eigenvalue weighted by Crippen LogP contribution is -2.44. The number of hydrogen-bond acceptors (Lipinski definition) is 5. The summed E-state index contributed by atoms with van der Waals surface area (Å²) in [7, 11) is -4.02. The number of carbonyl (C=O) groups is 1. The van der Waals surface area contributed by atoms with Gasteiger partial charge in [-0.05, 0) is 18.1 Å². The average molecular weight is 324 g/mol. The zero-order chi connectivity index (χ0) is 16.3. The summed E-state index contributed by atoms with van der Waals surface area (Å²) >= 11 is 0. The first-order valence-electron chi connectivity index (χ1n) is 6.58. The van der Waals surface area contributed by atoms with Crippen LogP contribution >= 0.6 is 0 Å². The summed E-state index contributed by atoms with van der Waals surface area (Å²) in [6.07, 6.45) is 1.40. The van der Waals surface area contributed by atoms with Gasteiger partial charge in [-0.1, -0.05) is 31.1 Å². The maximum absolute atomic E-state index is 12.5. The van der Waals surface area contributed by atoms with Crippen LogP contribution in [0.2, 0.25) is 0 Å². The van der Waals surface area contributed by atoms with E-state index in [0.717, 1.165) is 0 Å². The summed E-state index contributed by atoms with van der Waals surface area (Å²) in [5.41, 5.74) is 0.320. The molecule has 0 saturated heterocycles. The van der Waals surface area contributed by atoms with Gasteiger partial charge in [0.1, 0.15) is 6.04 Å². The number of benzene rings is 1. The lowest BCUT2D eigenvalue weighted by atomic mass is 10.1. The van der Waals surface area contributed by atoms with Gasteiger partial charge in [-0.15, -0.1) is 0 Å². The number of sulfonamides is 1. The Morgan fingerprint density at radius 3 is 2.50 bits per heavy atom. The molecule has 2 aromatic rings. The first-order valence-corrected chi connectivity index (χ1v) is 8.06. The van der Waals surface area contributed by atoms with Gasteiger partial charge in [0, 0.05) is 11.6 Å². The van der Waals surface area contributed by atoms with Crippen molar-refractivity contribution in [1.29, 1.82) is 0 Å². The first kappa shape index (κ1) is 16.2. The second-order valence-electron chi connectivity index (χ2n) is 5.05. The third-order valence-corrected chi connectivity index (χ3v) is 4.59. The van der Waals surface area contributed by atoms with Crippen molar-refractivity contribution < 1.29 is 22.8 Å². The summed E-state index contributed by atoms with van der Waals surface area (Å²) in [4.78, 5) is 11.2. The van der Waals surface area contributed by atoms with E-state index in [9.17, 15) is 13.2 Å². The zero-order valence-electron chi connectivity index (χ0n) is 12.1. The number of aromatic nitrogens is 1. The van der Waals surface area contributed by atoms with Crippen molar-refractivity contribution in [3.05, 3.63) is 36.5 Å². The predicted octanol–water partition coefficient (Wildman–Crippen LogP) is 1.73. The molecule has 1 aromatic carbocycles. The van der Waals surface area contributed by atoms with Gasteiger partial charge in [-0.2, -0.15) is 4.72 Å². The summed E-state index contributed by atoms with van der Waals surface area (Å²) in [5.74, 6) is -1.34. The lowest BCUT2D eigenvalue weighted by molar-refractivity contribution is -0.140. The van der Waals surface area contributed by atoms with Crippen LogP contribution in [0.25, 0.3) is 11.3 Å². The van der Waals surface area contributed by atoms with Crippen LogP contribution < -0.4 is 4.72 Å². The van der Waals surface area contributed by atoms with E-state index >= 15 is 0 Å². The molecule has 1 atom stereocenters. The summed E-state index contributed by atoms with van der Waals surface area (Å²) in [6.45, 7) is 3.26. The Bertz CT molecular complexity index is 753. The molecule has 0 aliphatic rings. The third kappa shape index (κ3) is 3.34. The molecule has 0 aliphatic carbocycles. The number of aliphatic carboxylic acids is 1. The van der Waals surface area contributed by atoms with Crippen molar-refractivity contribution >= 4 is 16.0 Å². The topological polar surface area (TPSA) is 110 Å². The molecule has 22 heavy (non-hydrogen) atoms. The number of hydrogen-bond donors (Lipinski definition) is 2. The molecular formula is C14H16N2O5S. The molecule has 0 fully saturated rings. The van der Waals surface area contributed by atoms with Gasteiger partial charge in [0.05, 0.1) is 11.1 Å².